The lowest BCUT2D eigenvalue weighted by Gasteiger charge is -2.04. The molecule has 2 nitrogen and oxygen atoms in total. The molecule has 0 saturated carbocycles. The molecule has 0 fully saturated rings. The molecule has 0 atom stereocenters. The third-order valence-corrected chi connectivity index (χ3v) is 2.41. The van der Waals surface area contributed by atoms with Crippen LogP contribution in [-0.2, 0) is 6.67 Å². The second-order valence-electron chi connectivity index (χ2n) is 2.11. The van der Waals surface area contributed by atoms with Crippen LogP contribution in [0.4, 0.5) is 8.78 Å². The molecule has 0 amide bonds. The van der Waals surface area contributed by atoms with Crippen molar-refractivity contribution in [3.63, 3.8) is 0 Å². The first-order chi connectivity index (χ1) is 6.31. The van der Waals surface area contributed by atoms with E-state index in [2.05, 4.69) is 21.4 Å². The monoisotopic (exact) mass is 223 g/mol. The molecular formula is C7H7F2NOS2. The fourth-order valence-corrected chi connectivity index (χ4v) is 1.62. The van der Waals surface area contributed by atoms with Crippen molar-refractivity contribution >= 4 is 22.5 Å². The molecule has 1 heterocycles. The summed E-state index contributed by atoms with van der Waals surface area (Å²) in [6.07, 6.45) is 1.33. The number of ether oxygens (including phenoxy) is 1. The van der Waals surface area contributed by atoms with Crippen molar-refractivity contribution in [1.29, 1.82) is 0 Å². The van der Waals surface area contributed by atoms with E-state index in [1.165, 1.54) is 12.3 Å². The Morgan fingerprint density at radius 2 is 2.31 bits per heavy atom. The smallest absolute Gasteiger partial charge is 0.228 e. The lowest BCUT2D eigenvalue weighted by Crippen LogP contribution is -1.94. The summed E-state index contributed by atoms with van der Waals surface area (Å²) in [5, 5.41) is 0.469. The standard InChI is InChI=1S/C7H7F2NOS2/c8-2-5-1-6(11-4-9)3-10-7(5)13-12/h1,3,12H,2,4H2. The molecule has 0 N–H and O–H groups in total. The normalized spacial score (nSPS) is 10.1. The highest BCUT2D eigenvalue weighted by molar-refractivity contribution is 8.68. The number of alkyl halides is 2. The van der Waals surface area contributed by atoms with Crippen LogP contribution in [0.3, 0.4) is 0 Å². The summed E-state index contributed by atoms with van der Waals surface area (Å²) < 4.78 is 28.6. The predicted molar refractivity (Wildman–Crippen MR) is 50.5 cm³/mol. The minimum atomic E-state index is -0.944. The third kappa shape index (κ3) is 2.73. The first kappa shape index (κ1) is 10.6. The van der Waals surface area contributed by atoms with Crippen LogP contribution < -0.4 is 4.74 Å². The van der Waals surface area contributed by atoms with Gasteiger partial charge in [-0.3, -0.25) is 0 Å². The van der Waals surface area contributed by atoms with Crippen molar-refractivity contribution in [2.45, 2.75) is 11.7 Å². The molecule has 1 rings (SSSR count). The van der Waals surface area contributed by atoms with Gasteiger partial charge in [-0.25, -0.2) is 13.8 Å². The van der Waals surface area contributed by atoms with Crippen molar-refractivity contribution in [3.8, 4) is 5.75 Å². The molecule has 0 spiro atoms. The molecule has 0 unspecified atom stereocenters. The molecular weight excluding hydrogens is 216 g/mol. The molecule has 0 radical (unpaired) electrons. The number of hydrogen-bond acceptors (Lipinski definition) is 4. The average molecular weight is 223 g/mol. The Morgan fingerprint density at radius 1 is 1.54 bits per heavy atom. The van der Waals surface area contributed by atoms with Gasteiger partial charge in [-0.2, -0.15) is 0 Å². The van der Waals surface area contributed by atoms with Crippen LogP contribution >= 0.6 is 22.5 Å². The van der Waals surface area contributed by atoms with E-state index < -0.39 is 13.5 Å². The zero-order valence-corrected chi connectivity index (χ0v) is 8.25. The maximum absolute atomic E-state index is 12.4. The molecule has 0 bridgehead atoms. The van der Waals surface area contributed by atoms with E-state index in [1.807, 2.05) is 0 Å². The zero-order valence-electron chi connectivity index (χ0n) is 6.54. The molecule has 0 aliphatic heterocycles. The van der Waals surface area contributed by atoms with Gasteiger partial charge in [0, 0.05) is 5.56 Å². The van der Waals surface area contributed by atoms with Crippen molar-refractivity contribution in [2.75, 3.05) is 6.86 Å². The lowest BCUT2D eigenvalue weighted by atomic mass is 10.3. The fourth-order valence-electron chi connectivity index (χ4n) is 0.796. The van der Waals surface area contributed by atoms with Crippen LogP contribution in [0, 0.1) is 0 Å². The average Bonchev–Trinajstić information content (AvgIpc) is 2.18. The van der Waals surface area contributed by atoms with Gasteiger partial charge in [0.05, 0.1) is 6.20 Å². The van der Waals surface area contributed by atoms with Crippen LogP contribution in [0.25, 0.3) is 0 Å². The number of pyridine rings is 1. The van der Waals surface area contributed by atoms with Crippen LogP contribution in [-0.4, -0.2) is 11.8 Å². The SMILES string of the molecule is FCOc1cnc(SS)c(CF)c1. The summed E-state index contributed by atoms with van der Waals surface area (Å²) >= 11 is 3.89. The first-order valence-electron chi connectivity index (χ1n) is 3.37. The number of halogens is 2. The molecule has 0 aliphatic carbocycles. The van der Waals surface area contributed by atoms with E-state index in [9.17, 15) is 8.78 Å². The van der Waals surface area contributed by atoms with Crippen molar-refractivity contribution in [3.05, 3.63) is 17.8 Å². The van der Waals surface area contributed by atoms with Gasteiger partial charge in [0.25, 0.3) is 0 Å². The molecule has 13 heavy (non-hydrogen) atoms. The summed E-state index contributed by atoms with van der Waals surface area (Å²) in [6.45, 7) is -1.61. The van der Waals surface area contributed by atoms with Gasteiger partial charge in [0.15, 0.2) is 0 Å². The molecule has 1 aromatic rings. The third-order valence-electron chi connectivity index (χ3n) is 1.35. The summed E-state index contributed by atoms with van der Waals surface area (Å²) in [6, 6.07) is 1.41. The molecule has 0 aromatic carbocycles. The molecule has 0 saturated heterocycles. The van der Waals surface area contributed by atoms with Crippen LogP contribution in [0.15, 0.2) is 17.3 Å². The Morgan fingerprint density at radius 3 is 2.85 bits per heavy atom. The highest BCUT2D eigenvalue weighted by Gasteiger charge is 2.05. The second kappa shape index (κ2) is 5.29. The minimum absolute atomic E-state index is 0.223. The minimum Gasteiger partial charge on any atom is -0.461 e. The lowest BCUT2D eigenvalue weighted by molar-refractivity contribution is 0.190. The number of nitrogens with zero attached hydrogens (tertiary/aromatic N) is 1. The Balaban J connectivity index is 2.91. The van der Waals surface area contributed by atoms with Gasteiger partial charge in [-0.15, -0.1) is 11.7 Å². The van der Waals surface area contributed by atoms with Gasteiger partial charge in [0.2, 0.25) is 6.86 Å². The van der Waals surface area contributed by atoms with E-state index in [0.29, 0.717) is 10.6 Å². The molecule has 72 valence electrons. The largest absolute Gasteiger partial charge is 0.461 e. The van der Waals surface area contributed by atoms with Gasteiger partial charge in [-0.05, 0) is 16.9 Å². The highest BCUT2D eigenvalue weighted by Crippen LogP contribution is 2.26. The van der Waals surface area contributed by atoms with E-state index in [-0.39, 0.29) is 5.75 Å². The maximum Gasteiger partial charge on any atom is 0.228 e. The van der Waals surface area contributed by atoms with Crippen LogP contribution in [0.5, 0.6) is 5.75 Å². The first-order valence-corrected chi connectivity index (χ1v) is 5.23. The molecule has 6 heteroatoms. The predicted octanol–water partition coefficient (Wildman–Crippen LogP) is 2.79. The Hall–Kier alpha value is -0.490. The Labute approximate surface area is 83.5 Å². The van der Waals surface area contributed by atoms with Gasteiger partial charge < -0.3 is 4.74 Å². The van der Waals surface area contributed by atoms with E-state index in [1.54, 1.807) is 0 Å². The molecule has 0 aliphatic rings. The number of thiol groups is 1. The maximum atomic E-state index is 12.4. The Bertz CT molecular complexity index is 285. The van der Waals surface area contributed by atoms with E-state index in [4.69, 9.17) is 0 Å². The van der Waals surface area contributed by atoms with Crippen molar-refractivity contribution < 1.29 is 13.5 Å². The number of hydrogen-bond donors (Lipinski definition) is 1. The summed E-state index contributed by atoms with van der Waals surface area (Å²) in [5.41, 5.74) is 0.353. The second-order valence-corrected chi connectivity index (χ2v) is 3.23. The van der Waals surface area contributed by atoms with Gasteiger partial charge >= 0.3 is 0 Å². The summed E-state index contributed by atoms with van der Waals surface area (Å²) in [7, 11) is 1.04. The van der Waals surface area contributed by atoms with Gasteiger partial charge in [0.1, 0.15) is 17.5 Å². The van der Waals surface area contributed by atoms with Crippen LogP contribution in [0.1, 0.15) is 5.56 Å². The van der Waals surface area contributed by atoms with Gasteiger partial charge in [-0.1, -0.05) is 0 Å². The number of rotatable bonds is 4. The fraction of sp³-hybridized carbons (Fsp3) is 0.286. The number of aromatic nitrogens is 1. The van der Waals surface area contributed by atoms with Crippen molar-refractivity contribution in [2.24, 2.45) is 0 Å². The van der Waals surface area contributed by atoms with E-state index in [0.717, 1.165) is 10.8 Å². The zero-order chi connectivity index (χ0) is 9.68. The molecule has 1 aromatic heterocycles. The Kier molecular flexibility index (Phi) is 4.31. The van der Waals surface area contributed by atoms with Crippen LogP contribution in [0.2, 0.25) is 0 Å². The van der Waals surface area contributed by atoms with E-state index >= 15 is 0 Å². The summed E-state index contributed by atoms with van der Waals surface area (Å²) in [4.78, 5) is 3.84. The summed E-state index contributed by atoms with van der Waals surface area (Å²) in [5.74, 6) is 0.223. The quantitative estimate of drug-likeness (QED) is 0.626. The topological polar surface area (TPSA) is 22.1 Å². The highest BCUT2D eigenvalue weighted by atomic mass is 33.1. The van der Waals surface area contributed by atoms with Crippen molar-refractivity contribution in [1.82, 2.24) is 4.98 Å².